The molecule has 0 fully saturated rings. The maximum Gasteiger partial charge on any atom is 0.196 e. The first-order valence-electron chi connectivity index (χ1n) is 6.57. The summed E-state index contributed by atoms with van der Waals surface area (Å²) in [6.45, 7) is 0. The normalized spacial score (nSPS) is 11.2. The van der Waals surface area contributed by atoms with E-state index in [0.29, 0.717) is 27.1 Å². The van der Waals surface area contributed by atoms with E-state index in [2.05, 4.69) is 31.2 Å². The molecule has 0 aliphatic carbocycles. The van der Waals surface area contributed by atoms with E-state index < -0.39 is 0 Å². The number of para-hydroxylation sites is 1. The smallest absolute Gasteiger partial charge is 0.196 e. The van der Waals surface area contributed by atoms with E-state index in [0.717, 1.165) is 11.0 Å². The maximum atomic E-state index is 14.0. The molecule has 0 radical (unpaired) electrons. The lowest BCUT2D eigenvalue weighted by atomic mass is 10.2. The van der Waals surface area contributed by atoms with Gasteiger partial charge in [-0.05, 0) is 30.3 Å². The highest BCUT2D eigenvalue weighted by Gasteiger charge is 2.14. The standard InChI is InChI=1S/C16H9BrFN3O/c17-9-5-6-12(11(18)7-9)21-16-15-14(19-8-20-16)10-3-1-2-4-13(10)22-15/h1-8H,(H,19,20,21). The summed E-state index contributed by atoms with van der Waals surface area (Å²) in [7, 11) is 0. The van der Waals surface area contributed by atoms with E-state index in [1.807, 2.05) is 24.3 Å². The zero-order valence-corrected chi connectivity index (χ0v) is 12.8. The van der Waals surface area contributed by atoms with Crippen molar-refractivity contribution in [1.82, 2.24) is 9.97 Å². The van der Waals surface area contributed by atoms with Crippen molar-refractivity contribution >= 4 is 49.5 Å². The second-order valence-electron chi connectivity index (χ2n) is 4.75. The Labute approximate surface area is 133 Å². The van der Waals surface area contributed by atoms with Crippen LogP contribution in [0.15, 0.2) is 57.7 Å². The Morgan fingerprint density at radius 1 is 1.09 bits per heavy atom. The third-order valence-electron chi connectivity index (χ3n) is 3.34. The molecule has 0 amide bonds. The lowest BCUT2D eigenvalue weighted by molar-refractivity contribution is 0.630. The van der Waals surface area contributed by atoms with Crippen LogP contribution in [-0.2, 0) is 0 Å². The minimum atomic E-state index is -0.378. The second-order valence-corrected chi connectivity index (χ2v) is 5.66. The monoisotopic (exact) mass is 357 g/mol. The molecule has 0 spiro atoms. The molecule has 0 aliphatic rings. The molecule has 0 saturated heterocycles. The van der Waals surface area contributed by atoms with Gasteiger partial charge < -0.3 is 9.73 Å². The minimum absolute atomic E-state index is 0.323. The Kier molecular flexibility index (Phi) is 3.04. The van der Waals surface area contributed by atoms with Gasteiger partial charge in [0.1, 0.15) is 23.2 Å². The summed E-state index contributed by atoms with van der Waals surface area (Å²) < 4.78 is 20.4. The number of nitrogens with zero attached hydrogens (tertiary/aromatic N) is 2. The first-order valence-corrected chi connectivity index (χ1v) is 7.36. The Balaban J connectivity index is 1.88. The number of aromatic nitrogens is 2. The lowest BCUT2D eigenvalue weighted by Crippen LogP contribution is -1.97. The van der Waals surface area contributed by atoms with Gasteiger partial charge in [-0.25, -0.2) is 14.4 Å². The Morgan fingerprint density at radius 3 is 2.82 bits per heavy atom. The summed E-state index contributed by atoms with van der Waals surface area (Å²) in [4.78, 5) is 8.43. The average molecular weight is 358 g/mol. The summed E-state index contributed by atoms with van der Waals surface area (Å²) in [6, 6.07) is 12.4. The third-order valence-corrected chi connectivity index (χ3v) is 3.84. The van der Waals surface area contributed by atoms with E-state index in [9.17, 15) is 4.39 Å². The van der Waals surface area contributed by atoms with Gasteiger partial charge in [-0.15, -0.1) is 0 Å². The molecule has 22 heavy (non-hydrogen) atoms. The van der Waals surface area contributed by atoms with Crippen molar-refractivity contribution in [2.45, 2.75) is 0 Å². The van der Waals surface area contributed by atoms with Gasteiger partial charge in [-0.3, -0.25) is 0 Å². The van der Waals surface area contributed by atoms with E-state index in [4.69, 9.17) is 4.42 Å². The summed E-state index contributed by atoms with van der Waals surface area (Å²) in [5, 5.41) is 3.86. The topological polar surface area (TPSA) is 51.0 Å². The summed E-state index contributed by atoms with van der Waals surface area (Å²) in [5.41, 5.74) is 2.25. The van der Waals surface area contributed by atoms with Gasteiger partial charge in [0.25, 0.3) is 0 Å². The van der Waals surface area contributed by atoms with Crippen LogP contribution in [-0.4, -0.2) is 9.97 Å². The fourth-order valence-electron chi connectivity index (χ4n) is 2.33. The number of hydrogen-bond acceptors (Lipinski definition) is 4. The van der Waals surface area contributed by atoms with Crippen LogP contribution in [0.25, 0.3) is 22.1 Å². The first-order chi connectivity index (χ1) is 10.7. The van der Waals surface area contributed by atoms with Gasteiger partial charge in [-0.1, -0.05) is 28.1 Å². The quantitative estimate of drug-likeness (QED) is 0.547. The predicted octanol–water partition coefficient (Wildman–Crippen LogP) is 5.02. The van der Waals surface area contributed by atoms with Crippen LogP contribution in [0.5, 0.6) is 0 Å². The average Bonchev–Trinajstić information content (AvgIpc) is 2.90. The molecular formula is C16H9BrFN3O. The first kappa shape index (κ1) is 13.2. The molecule has 2 aromatic heterocycles. The fourth-order valence-corrected chi connectivity index (χ4v) is 2.66. The Hall–Kier alpha value is -2.47. The van der Waals surface area contributed by atoms with Gasteiger partial charge in [0, 0.05) is 9.86 Å². The van der Waals surface area contributed by atoms with Crippen LogP contribution in [0, 0.1) is 5.82 Å². The van der Waals surface area contributed by atoms with Crippen molar-refractivity contribution in [2.75, 3.05) is 5.32 Å². The van der Waals surface area contributed by atoms with E-state index in [1.165, 1.54) is 12.4 Å². The maximum absolute atomic E-state index is 14.0. The molecule has 108 valence electrons. The van der Waals surface area contributed by atoms with E-state index in [-0.39, 0.29) is 5.82 Å². The largest absolute Gasteiger partial charge is 0.450 e. The third kappa shape index (κ3) is 2.12. The van der Waals surface area contributed by atoms with Crippen molar-refractivity contribution in [3.8, 4) is 0 Å². The zero-order chi connectivity index (χ0) is 15.1. The highest BCUT2D eigenvalue weighted by Crippen LogP contribution is 2.32. The molecule has 0 unspecified atom stereocenters. The molecule has 0 aliphatic heterocycles. The molecule has 4 nitrogen and oxygen atoms in total. The molecule has 6 heteroatoms. The second kappa shape index (κ2) is 5.06. The highest BCUT2D eigenvalue weighted by molar-refractivity contribution is 9.10. The van der Waals surface area contributed by atoms with Crippen molar-refractivity contribution < 1.29 is 8.81 Å². The molecule has 0 bridgehead atoms. The lowest BCUT2D eigenvalue weighted by Gasteiger charge is -2.06. The molecule has 2 heterocycles. The minimum Gasteiger partial charge on any atom is -0.450 e. The van der Waals surface area contributed by atoms with E-state index in [1.54, 1.807) is 12.1 Å². The van der Waals surface area contributed by atoms with Gasteiger partial charge in [0.15, 0.2) is 11.4 Å². The summed E-state index contributed by atoms with van der Waals surface area (Å²) in [5.74, 6) is 0.0553. The number of anilines is 2. The molecular weight excluding hydrogens is 349 g/mol. The van der Waals surface area contributed by atoms with Crippen LogP contribution in [0.4, 0.5) is 15.9 Å². The number of halogens is 2. The van der Waals surface area contributed by atoms with E-state index >= 15 is 0 Å². The van der Waals surface area contributed by atoms with Crippen LogP contribution >= 0.6 is 15.9 Å². The molecule has 0 saturated carbocycles. The zero-order valence-electron chi connectivity index (χ0n) is 11.2. The predicted molar refractivity (Wildman–Crippen MR) is 86.7 cm³/mol. The van der Waals surface area contributed by atoms with Crippen molar-refractivity contribution in [1.29, 1.82) is 0 Å². The van der Waals surface area contributed by atoms with Gasteiger partial charge in [0.2, 0.25) is 0 Å². The number of rotatable bonds is 2. The number of nitrogens with one attached hydrogen (secondary N) is 1. The summed E-state index contributed by atoms with van der Waals surface area (Å²) >= 11 is 3.23. The van der Waals surface area contributed by atoms with Gasteiger partial charge >= 0.3 is 0 Å². The van der Waals surface area contributed by atoms with Crippen LogP contribution in [0.2, 0.25) is 0 Å². The molecule has 4 rings (SSSR count). The van der Waals surface area contributed by atoms with Crippen LogP contribution in [0.1, 0.15) is 0 Å². The number of furan rings is 1. The van der Waals surface area contributed by atoms with Crippen LogP contribution in [0.3, 0.4) is 0 Å². The van der Waals surface area contributed by atoms with Gasteiger partial charge in [-0.2, -0.15) is 0 Å². The molecule has 4 aromatic rings. The number of fused-ring (bicyclic) bond motifs is 3. The Morgan fingerprint density at radius 2 is 1.95 bits per heavy atom. The van der Waals surface area contributed by atoms with Crippen LogP contribution < -0.4 is 5.32 Å². The van der Waals surface area contributed by atoms with Crippen molar-refractivity contribution in [3.05, 3.63) is 59.1 Å². The van der Waals surface area contributed by atoms with Gasteiger partial charge in [0.05, 0.1) is 5.69 Å². The van der Waals surface area contributed by atoms with Crippen molar-refractivity contribution in [3.63, 3.8) is 0 Å². The number of benzene rings is 2. The highest BCUT2D eigenvalue weighted by atomic mass is 79.9. The SMILES string of the molecule is Fc1cc(Br)ccc1Nc1ncnc2c1oc1ccccc12. The summed E-state index contributed by atoms with van der Waals surface area (Å²) in [6.07, 6.45) is 1.43. The Bertz CT molecular complexity index is 999. The molecule has 0 atom stereocenters. The van der Waals surface area contributed by atoms with Crippen molar-refractivity contribution in [2.24, 2.45) is 0 Å². The molecule has 1 N–H and O–H groups in total. The molecule has 2 aromatic carbocycles. The number of hydrogen-bond donors (Lipinski definition) is 1. The fraction of sp³-hybridized carbons (Fsp3) is 0.